The van der Waals surface area contributed by atoms with E-state index < -0.39 is 0 Å². The van der Waals surface area contributed by atoms with Crippen molar-refractivity contribution in [2.75, 3.05) is 7.05 Å². The van der Waals surface area contributed by atoms with E-state index in [1.54, 1.807) is 18.4 Å². The van der Waals surface area contributed by atoms with Gasteiger partial charge in [0.1, 0.15) is 5.01 Å². The molecule has 0 fully saturated rings. The number of thiazole rings is 1. The molecule has 6 heteroatoms. The van der Waals surface area contributed by atoms with Gasteiger partial charge in [-0.2, -0.15) is 0 Å². The van der Waals surface area contributed by atoms with Crippen LogP contribution in [0, 0.1) is 0 Å². The number of fused-ring (bicyclic) bond motifs is 1. The molecule has 2 N–H and O–H groups in total. The molecule has 2 aromatic carbocycles. The number of aryl methyl sites for hydroxylation is 1. The number of nitrogens with one attached hydrogen (secondary N) is 2. The van der Waals surface area contributed by atoms with Crippen molar-refractivity contribution < 1.29 is 0 Å². The van der Waals surface area contributed by atoms with E-state index in [-0.39, 0.29) is 24.0 Å². The number of hydrogen-bond acceptors (Lipinski definition) is 3. The molecule has 0 saturated carbocycles. The average Bonchev–Trinajstić information content (AvgIpc) is 3.10. The van der Waals surface area contributed by atoms with Crippen molar-refractivity contribution >= 4 is 52.0 Å². The number of benzene rings is 2. The third-order valence-corrected chi connectivity index (χ3v) is 5.05. The lowest BCUT2D eigenvalue weighted by Gasteiger charge is -2.12. The number of nitrogens with zero attached hydrogens (tertiary/aromatic N) is 2. The van der Waals surface area contributed by atoms with Gasteiger partial charge in [-0.25, -0.2) is 4.98 Å². The minimum atomic E-state index is 0. The zero-order valence-corrected chi connectivity index (χ0v) is 17.6. The predicted octanol–water partition coefficient (Wildman–Crippen LogP) is 4.34. The van der Waals surface area contributed by atoms with E-state index in [1.165, 1.54) is 21.2 Å². The fourth-order valence-electron chi connectivity index (χ4n) is 2.60. The number of rotatable bonds is 5. The summed E-state index contributed by atoms with van der Waals surface area (Å²) in [5.41, 5.74) is 1.26. The van der Waals surface area contributed by atoms with Crippen LogP contribution in [0.25, 0.3) is 10.8 Å². The molecule has 3 aromatic rings. The third-order valence-electron chi connectivity index (χ3n) is 3.91. The van der Waals surface area contributed by atoms with Crippen LogP contribution in [0.5, 0.6) is 0 Å². The lowest BCUT2D eigenvalue weighted by atomic mass is 10.0. The van der Waals surface area contributed by atoms with E-state index in [0.717, 1.165) is 23.9 Å². The van der Waals surface area contributed by atoms with Crippen molar-refractivity contribution in [1.29, 1.82) is 0 Å². The molecule has 0 spiro atoms. The molecule has 0 unspecified atom stereocenters. The minimum Gasteiger partial charge on any atom is -0.352 e. The Hall–Kier alpha value is -1.67. The molecular weight excluding hydrogens is 443 g/mol. The maximum absolute atomic E-state index is 4.43. The van der Waals surface area contributed by atoms with Gasteiger partial charge < -0.3 is 10.6 Å². The number of guanidine groups is 1. The Labute approximate surface area is 169 Å². The summed E-state index contributed by atoms with van der Waals surface area (Å²) in [6.07, 6.45) is 2.99. The van der Waals surface area contributed by atoms with Gasteiger partial charge in [-0.05, 0) is 22.8 Å². The van der Waals surface area contributed by atoms with Crippen LogP contribution < -0.4 is 10.6 Å². The minimum absolute atomic E-state index is 0. The molecule has 0 amide bonds. The summed E-state index contributed by atoms with van der Waals surface area (Å²) in [5, 5.41) is 10.3. The molecule has 25 heavy (non-hydrogen) atoms. The molecule has 0 aliphatic rings. The highest BCUT2D eigenvalue weighted by Crippen LogP contribution is 2.18. The van der Waals surface area contributed by atoms with Crippen molar-refractivity contribution in [3.8, 4) is 0 Å². The standard InChI is InChI=1S/C19H22N4S.HI/c1-3-16-12-21-18(24-16)13-23-19(20-2)22-11-15-9-6-8-14-7-4-5-10-17(14)15;/h4-10,12H,3,11,13H2,1-2H3,(H2,20,22,23);1H. The van der Waals surface area contributed by atoms with E-state index >= 15 is 0 Å². The smallest absolute Gasteiger partial charge is 0.191 e. The van der Waals surface area contributed by atoms with E-state index in [9.17, 15) is 0 Å². The molecule has 1 heterocycles. The molecule has 0 atom stereocenters. The van der Waals surface area contributed by atoms with Crippen LogP contribution in [-0.2, 0) is 19.5 Å². The highest BCUT2D eigenvalue weighted by atomic mass is 127. The Morgan fingerprint density at radius 2 is 1.84 bits per heavy atom. The quantitative estimate of drug-likeness (QED) is 0.334. The van der Waals surface area contributed by atoms with Crippen molar-refractivity contribution in [2.45, 2.75) is 26.4 Å². The van der Waals surface area contributed by atoms with Crippen LogP contribution >= 0.6 is 35.3 Å². The van der Waals surface area contributed by atoms with Crippen molar-refractivity contribution in [1.82, 2.24) is 15.6 Å². The molecule has 0 bridgehead atoms. The van der Waals surface area contributed by atoms with Crippen molar-refractivity contribution in [2.24, 2.45) is 4.99 Å². The fourth-order valence-corrected chi connectivity index (χ4v) is 3.40. The van der Waals surface area contributed by atoms with Crippen LogP contribution in [0.3, 0.4) is 0 Å². The van der Waals surface area contributed by atoms with Crippen LogP contribution in [-0.4, -0.2) is 18.0 Å². The second-order valence-corrected chi connectivity index (χ2v) is 6.69. The first-order chi connectivity index (χ1) is 11.8. The normalized spacial score (nSPS) is 11.2. The Kier molecular flexibility index (Phi) is 7.64. The molecule has 0 radical (unpaired) electrons. The maximum Gasteiger partial charge on any atom is 0.191 e. The molecule has 1 aromatic heterocycles. The Morgan fingerprint density at radius 3 is 2.60 bits per heavy atom. The van der Waals surface area contributed by atoms with Gasteiger partial charge in [0, 0.05) is 24.7 Å². The van der Waals surface area contributed by atoms with E-state index in [0.29, 0.717) is 6.54 Å². The number of hydrogen-bond donors (Lipinski definition) is 2. The topological polar surface area (TPSA) is 49.3 Å². The molecule has 0 aliphatic heterocycles. The van der Waals surface area contributed by atoms with Gasteiger partial charge in [0.25, 0.3) is 0 Å². The second kappa shape index (κ2) is 9.72. The lowest BCUT2D eigenvalue weighted by Crippen LogP contribution is -2.36. The van der Waals surface area contributed by atoms with Crippen molar-refractivity contribution in [3.63, 3.8) is 0 Å². The summed E-state index contributed by atoms with van der Waals surface area (Å²) in [5.74, 6) is 0.788. The molecule has 3 rings (SSSR count). The van der Waals surface area contributed by atoms with Crippen LogP contribution in [0.1, 0.15) is 22.4 Å². The van der Waals surface area contributed by atoms with Gasteiger partial charge in [0.05, 0.1) is 6.54 Å². The summed E-state index contributed by atoms with van der Waals surface area (Å²) < 4.78 is 0. The average molecular weight is 466 g/mol. The van der Waals surface area contributed by atoms with E-state index in [4.69, 9.17) is 0 Å². The van der Waals surface area contributed by atoms with Gasteiger partial charge in [0.15, 0.2) is 5.96 Å². The highest BCUT2D eigenvalue weighted by Gasteiger charge is 2.04. The largest absolute Gasteiger partial charge is 0.352 e. The summed E-state index contributed by atoms with van der Waals surface area (Å²) >= 11 is 1.75. The van der Waals surface area contributed by atoms with Crippen molar-refractivity contribution in [3.05, 3.63) is 64.1 Å². The SMILES string of the molecule is CCc1cnc(CNC(=NC)NCc2cccc3ccccc23)s1.I. The van der Waals surface area contributed by atoms with Gasteiger partial charge in [-0.1, -0.05) is 49.4 Å². The Balaban J connectivity index is 0.00000225. The zero-order chi connectivity index (χ0) is 16.8. The molecule has 132 valence electrons. The summed E-state index contributed by atoms with van der Waals surface area (Å²) in [4.78, 5) is 10.0. The second-order valence-electron chi connectivity index (χ2n) is 5.49. The van der Waals surface area contributed by atoms with Gasteiger partial charge >= 0.3 is 0 Å². The van der Waals surface area contributed by atoms with E-state index in [2.05, 4.69) is 70.0 Å². The summed E-state index contributed by atoms with van der Waals surface area (Å²) in [7, 11) is 1.79. The summed E-state index contributed by atoms with van der Waals surface area (Å²) in [6, 6.07) is 14.8. The third kappa shape index (κ3) is 5.15. The molecule has 4 nitrogen and oxygen atoms in total. The molecule has 0 aliphatic carbocycles. The van der Waals surface area contributed by atoms with Gasteiger partial charge in [0.2, 0.25) is 0 Å². The summed E-state index contributed by atoms with van der Waals surface area (Å²) in [6.45, 7) is 3.58. The fraction of sp³-hybridized carbons (Fsp3) is 0.263. The first kappa shape index (κ1) is 19.7. The number of aromatic nitrogens is 1. The Bertz CT molecular complexity index is 839. The van der Waals surface area contributed by atoms with Crippen LogP contribution in [0.15, 0.2) is 53.7 Å². The van der Waals surface area contributed by atoms with E-state index in [1.807, 2.05) is 6.20 Å². The number of halogens is 1. The first-order valence-electron chi connectivity index (χ1n) is 8.15. The van der Waals surface area contributed by atoms with Crippen LogP contribution in [0.2, 0.25) is 0 Å². The van der Waals surface area contributed by atoms with Crippen LogP contribution in [0.4, 0.5) is 0 Å². The monoisotopic (exact) mass is 466 g/mol. The predicted molar refractivity (Wildman–Crippen MR) is 118 cm³/mol. The zero-order valence-electron chi connectivity index (χ0n) is 14.5. The Morgan fingerprint density at radius 1 is 1.08 bits per heavy atom. The first-order valence-corrected chi connectivity index (χ1v) is 8.96. The molecule has 0 saturated heterocycles. The maximum atomic E-state index is 4.43. The van der Waals surface area contributed by atoms with Gasteiger partial charge in [-0.3, -0.25) is 4.99 Å². The highest BCUT2D eigenvalue weighted by molar-refractivity contribution is 14.0. The molecular formula is C19H23IN4S. The number of aliphatic imine (C=N–C) groups is 1. The lowest BCUT2D eigenvalue weighted by molar-refractivity contribution is 0.807. The van der Waals surface area contributed by atoms with Gasteiger partial charge in [-0.15, -0.1) is 35.3 Å².